The van der Waals surface area contributed by atoms with Crippen LogP contribution in [-0.4, -0.2) is 28.1 Å². The minimum Gasteiger partial charge on any atom is -0.497 e. The Kier molecular flexibility index (Phi) is 5.17. The molecule has 7 nitrogen and oxygen atoms in total. The molecule has 0 radical (unpaired) electrons. The molecule has 0 fully saturated rings. The molecule has 2 aromatic carbocycles. The summed E-state index contributed by atoms with van der Waals surface area (Å²) in [5.41, 5.74) is 3.21. The van der Waals surface area contributed by atoms with Crippen LogP contribution < -0.4 is 15.4 Å². The molecule has 0 saturated heterocycles. The lowest BCUT2D eigenvalue weighted by atomic mass is 10.2. The highest BCUT2D eigenvalue weighted by Crippen LogP contribution is 2.24. The zero-order valence-electron chi connectivity index (χ0n) is 15.4. The van der Waals surface area contributed by atoms with Gasteiger partial charge in [0.05, 0.1) is 7.11 Å². The molecular formula is C21H16N4O3S. The number of carbonyl (C=O) groups excluding carboxylic acids is 1. The molecule has 4 rings (SSSR count). The molecular weight excluding hydrogens is 388 g/mol. The van der Waals surface area contributed by atoms with E-state index in [1.165, 1.54) is 0 Å². The average Bonchev–Trinajstić information content (AvgIpc) is 3.18. The van der Waals surface area contributed by atoms with E-state index < -0.39 is 0 Å². The topological polar surface area (TPSA) is 89.3 Å². The molecule has 0 unspecified atom stereocenters. The third kappa shape index (κ3) is 4.22. The first kappa shape index (κ1) is 18.6. The quantitative estimate of drug-likeness (QED) is 0.497. The highest BCUT2D eigenvalue weighted by molar-refractivity contribution is 7.80. The number of ether oxygens (including phenoxy) is 1. The summed E-state index contributed by atoms with van der Waals surface area (Å²) in [5, 5.41) is 5.83. The van der Waals surface area contributed by atoms with E-state index >= 15 is 0 Å². The fourth-order valence-corrected chi connectivity index (χ4v) is 2.88. The van der Waals surface area contributed by atoms with Gasteiger partial charge in [-0.05, 0) is 72.9 Å². The summed E-state index contributed by atoms with van der Waals surface area (Å²) >= 11 is 5.22. The van der Waals surface area contributed by atoms with Crippen molar-refractivity contribution in [3.63, 3.8) is 0 Å². The molecule has 0 spiro atoms. The van der Waals surface area contributed by atoms with Crippen LogP contribution in [0.5, 0.6) is 5.75 Å². The lowest BCUT2D eigenvalue weighted by molar-refractivity contribution is 0.0977. The number of oxazole rings is 1. The maximum atomic E-state index is 12.3. The number of nitrogens with zero attached hydrogens (tertiary/aromatic N) is 2. The molecule has 0 aliphatic heterocycles. The number of methoxy groups -OCH3 is 1. The Hall–Kier alpha value is -3.78. The predicted octanol–water partition coefficient (Wildman–Crippen LogP) is 4.03. The molecule has 0 atom stereocenters. The largest absolute Gasteiger partial charge is 0.497 e. The molecule has 8 heteroatoms. The molecule has 0 saturated carbocycles. The smallest absolute Gasteiger partial charge is 0.257 e. The highest BCUT2D eigenvalue weighted by atomic mass is 32.1. The third-order valence-corrected chi connectivity index (χ3v) is 4.34. The van der Waals surface area contributed by atoms with Gasteiger partial charge in [0.25, 0.3) is 5.91 Å². The monoisotopic (exact) mass is 404 g/mol. The van der Waals surface area contributed by atoms with Gasteiger partial charge in [-0.1, -0.05) is 0 Å². The first-order valence-electron chi connectivity index (χ1n) is 8.71. The lowest BCUT2D eigenvalue weighted by Gasteiger charge is -2.10. The first-order chi connectivity index (χ1) is 14.1. The van der Waals surface area contributed by atoms with Gasteiger partial charge in [0.1, 0.15) is 5.75 Å². The molecule has 2 heterocycles. The van der Waals surface area contributed by atoms with E-state index in [1.807, 2.05) is 30.3 Å². The molecule has 2 aromatic heterocycles. The van der Waals surface area contributed by atoms with Gasteiger partial charge in [0.15, 0.2) is 16.3 Å². The number of pyridine rings is 1. The second-order valence-corrected chi connectivity index (χ2v) is 6.47. The van der Waals surface area contributed by atoms with Gasteiger partial charge in [-0.25, -0.2) is 4.98 Å². The number of amides is 1. The molecule has 4 aromatic rings. The summed E-state index contributed by atoms with van der Waals surface area (Å²) in [6.07, 6.45) is 1.67. The number of benzene rings is 2. The Labute approximate surface area is 171 Å². The number of carbonyl (C=O) groups is 1. The SMILES string of the molecule is COc1ccc(C(=O)NC(=S)Nc2ccc(-c3nc4ncccc4o3)cc2)cc1. The van der Waals surface area contributed by atoms with Crippen LogP contribution in [0.3, 0.4) is 0 Å². The van der Waals surface area contributed by atoms with E-state index in [4.69, 9.17) is 21.4 Å². The van der Waals surface area contributed by atoms with Gasteiger partial charge >= 0.3 is 0 Å². The number of hydrogen-bond acceptors (Lipinski definition) is 6. The summed E-state index contributed by atoms with van der Waals surface area (Å²) in [4.78, 5) is 20.8. The van der Waals surface area contributed by atoms with Crippen molar-refractivity contribution >= 4 is 40.2 Å². The number of thiocarbonyl (C=S) groups is 1. The molecule has 1 amide bonds. The van der Waals surface area contributed by atoms with E-state index in [9.17, 15) is 4.79 Å². The Morgan fingerprint density at radius 3 is 2.52 bits per heavy atom. The van der Waals surface area contributed by atoms with Gasteiger partial charge in [-0.3, -0.25) is 10.1 Å². The van der Waals surface area contributed by atoms with Crippen molar-refractivity contribution < 1.29 is 13.9 Å². The maximum Gasteiger partial charge on any atom is 0.257 e. The number of rotatable bonds is 4. The van der Waals surface area contributed by atoms with Gasteiger partial charge in [-0.2, -0.15) is 4.98 Å². The van der Waals surface area contributed by atoms with Crippen molar-refractivity contribution in [2.24, 2.45) is 0 Å². The van der Waals surface area contributed by atoms with E-state index in [-0.39, 0.29) is 11.0 Å². The number of hydrogen-bond donors (Lipinski definition) is 2. The Morgan fingerprint density at radius 1 is 1.07 bits per heavy atom. The van der Waals surface area contributed by atoms with Crippen LogP contribution in [0.15, 0.2) is 71.3 Å². The van der Waals surface area contributed by atoms with Crippen molar-refractivity contribution in [3.8, 4) is 17.2 Å². The molecule has 2 N–H and O–H groups in total. The molecule has 0 aliphatic rings. The van der Waals surface area contributed by atoms with Crippen molar-refractivity contribution in [1.82, 2.24) is 15.3 Å². The summed E-state index contributed by atoms with van der Waals surface area (Å²) < 4.78 is 10.8. The highest BCUT2D eigenvalue weighted by Gasteiger charge is 2.10. The van der Waals surface area contributed by atoms with Crippen molar-refractivity contribution in [3.05, 3.63) is 72.4 Å². The number of fused-ring (bicyclic) bond motifs is 1. The molecule has 29 heavy (non-hydrogen) atoms. The van der Waals surface area contributed by atoms with Gasteiger partial charge in [0.2, 0.25) is 5.89 Å². The Balaban J connectivity index is 1.40. The Morgan fingerprint density at radius 2 is 1.83 bits per heavy atom. The normalized spacial score (nSPS) is 10.5. The zero-order valence-corrected chi connectivity index (χ0v) is 16.2. The first-order valence-corrected chi connectivity index (χ1v) is 9.11. The van der Waals surface area contributed by atoms with Gasteiger partial charge < -0.3 is 14.5 Å². The van der Waals surface area contributed by atoms with Crippen LogP contribution in [0.2, 0.25) is 0 Å². The minimum atomic E-state index is -0.305. The second kappa shape index (κ2) is 8.07. The van der Waals surface area contributed by atoms with Crippen LogP contribution in [0.25, 0.3) is 22.7 Å². The fourth-order valence-electron chi connectivity index (χ4n) is 2.67. The predicted molar refractivity (Wildman–Crippen MR) is 114 cm³/mol. The van der Waals surface area contributed by atoms with Crippen molar-refractivity contribution in [2.45, 2.75) is 0 Å². The van der Waals surface area contributed by atoms with Crippen LogP contribution >= 0.6 is 12.2 Å². The minimum absolute atomic E-state index is 0.199. The van der Waals surface area contributed by atoms with E-state index in [0.717, 1.165) is 11.3 Å². The van der Waals surface area contributed by atoms with Gasteiger partial charge in [-0.15, -0.1) is 0 Å². The zero-order chi connectivity index (χ0) is 20.2. The number of anilines is 1. The number of aromatic nitrogens is 2. The van der Waals surface area contributed by atoms with E-state index in [1.54, 1.807) is 43.6 Å². The summed E-state index contributed by atoms with van der Waals surface area (Å²) in [6.45, 7) is 0. The summed E-state index contributed by atoms with van der Waals surface area (Å²) in [7, 11) is 1.57. The van der Waals surface area contributed by atoms with Crippen LogP contribution in [0.4, 0.5) is 5.69 Å². The van der Waals surface area contributed by atoms with Crippen molar-refractivity contribution in [2.75, 3.05) is 12.4 Å². The molecule has 0 bridgehead atoms. The van der Waals surface area contributed by atoms with Gasteiger partial charge in [0, 0.05) is 23.0 Å². The van der Waals surface area contributed by atoms with E-state index in [2.05, 4.69) is 20.6 Å². The molecule has 144 valence electrons. The maximum absolute atomic E-state index is 12.3. The standard InChI is InChI=1S/C21H16N4O3S/c1-27-16-10-6-13(7-11-16)19(26)25-21(29)23-15-8-4-14(5-9-15)20-24-18-17(28-20)3-2-12-22-18/h2-12H,1H3,(H2,23,25,26,29). The Bertz CT molecular complexity index is 1140. The van der Waals surface area contributed by atoms with Crippen LogP contribution in [0.1, 0.15) is 10.4 Å². The number of nitrogens with one attached hydrogen (secondary N) is 2. The summed E-state index contributed by atoms with van der Waals surface area (Å²) in [5.74, 6) is 0.860. The van der Waals surface area contributed by atoms with E-state index in [0.29, 0.717) is 28.4 Å². The molecule has 0 aliphatic carbocycles. The fraction of sp³-hybridized carbons (Fsp3) is 0.0476. The summed E-state index contributed by atoms with van der Waals surface area (Å²) in [6, 6.07) is 17.7. The van der Waals surface area contributed by atoms with Crippen molar-refractivity contribution in [1.29, 1.82) is 0 Å². The van der Waals surface area contributed by atoms with Crippen LogP contribution in [0, 0.1) is 0 Å². The average molecular weight is 404 g/mol. The third-order valence-electron chi connectivity index (χ3n) is 4.13. The second-order valence-electron chi connectivity index (χ2n) is 6.06. The van der Waals surface area contributed by atoms with Crippen LogP contribution in [-0.2, 0) is 0 Å². The lowest BCUT2D eigenvalue weighted by Crippen LogP contribution is -2.34.